The number of halogens is 1. The summed E-state index contributed by atoms with van der Waals surface area (Å²) in [7, 11) is 1.46. The molecular weight excluding hydrogens is 473 g/mol. The van der Waals surface area contributed by atoms with Gasteiger partial charge in [0.1, 0.15) is 5.75 Å². The van der Waals surface area contributed by atoms with Crippen LogP contribution >= 0.6 is 0 Å². The SMILES string of the molecule is CC[C@H]1[C@@H](COc2ncc(C#CC3CCN(C(C)C)CC3)c3cc(C(N)=O)c(OC)cc23)CC(=O)[C@H]1F. The van der Waals surface area contributed by atoms with Gasteiger partial charge < -0.3 is 20.1 Å². The molecule has 2 aromatic rings. The third-order valence-corrected chi connectivity index (χ3v) is 7.77. The number of nitrogens with zero attached hydrogens (tertiary/aromatic N) is 2. The van der Waals surface area contributed by atoms with Gasteiger partial charge in [0, 0.05) is 47.2 Å². The minimum absolute atomic E-state index is 0.159. The quantitative estimate of drug-likeness (QED) is 0.564. The molecule has 7 nitrogen and oxygen atoms in total. The summed E-state index contributed by atoms with van der Waals surface area (Å²) in [5.74, 6) is 6.06. The molecule has 1 amide bonds. The van der Waals surface area contributed by atoms with Crippen LogP contribution in [0.3, 0.4) is 0 Å². The number of nitrogens with two attached hydrogens (primary N) is 1. The van der Waals surface area contributed by atoms with Gasteiger partial charge in [-0.1, -0.05) is 18.8 Å². The van der Waals surface area contributed by atoms with E-state index in [2.05, 4.69) is 35.6 Å². The van der Waals surface area contributed by atoms with E-state index >= 15 is 0 Å². The van der Waals surface area contributed by atoms with Gasteiger partial charge in [0.15, 0.2) is 12.0 Å². The smallest absolute Gasteiger partial charge is 0.252 e. The number of Topliss-reactive ketones (excluding diaryl/α,β-unsaturated/α-hetero) is 1. The van der Waals surface area contributed by atoms with Crippen LogP contribution in [0.15, 0.2) is 18.3 Å². The summed E-state index contributed by atoms with van der Waals surface area (Å²) in [5, 5.41) is 1.31. The number of carbonyl (C=O) groups is 2. The fourth-order valence-corrected chi connectivity index (χ4v) is 5.47. The first-order chi connectivity index (χ1) is 17.7. The number of primary amides is 1. The number of ketones is 1. The number of hydrogen-bond acceptors (Lipinski definition) is 6. The molecule has 0 radical (unpaired) electrons. The molecule has 1 saturated carbocycles. The van der Waals surface area contributed by atoms with Crippen molar-refractivity contribution in [3.63, 3.8) is 0 Å². The maximum absolute atomic E-state index is 14.3. The monoisotopic (exact) mass is 509 g/mol. The van der Waals surface area contributed by atoms with Gasteiger partial charge in [-0.3, -0.25) is 9.59 Å². The second kappa shape index (κ2) is 11.5. The Bertz CT molecular complexity index is 1230. The zero-order chi connectivity index (χ0) is 26.7. The third kappa shape index (κ3) is 5.72. The number of methoxy groups -OCH3 is 1. The van der Waals surface area contributed by atoms with Crippen LogP contribution in [-0.4, -0.2) is 60.6 Å². The fourth-order valence-electron chi connectivity index (χ4n) is 5.47. The molecule has 4 rings (SSSR count). The number of ether oxygens (including phenoxy) is 2. The van der Waals surface area contributed by atoms with Crippen molar-refractivity contribution in [3.05, 3.63) is 29.5 Å². The number of likely N-dealkylation sites (tertiary alicyclic amines) is 1. The van der Waals surface area contributed by atoms with E-state index in [1.165, 1.54) is 7.11 Å². The molecule has 2 fully saturated rings. The van der Waals surface area contributed by atoms with Crippen molar-refractivity contribution in [1.29, 1.82) is 0 Å². The second-order valence-electron chi connectivity index (χ2n) is 10.3. The van der Waals surface area contributed by atoms with Crippen LogP contribution in [0.25, 0.3) is 10.8 Å². The van der Waals surface area contributed by atoms with Gasteiger partial charge in [0.25, 0.3) is 5.91 Å². The highest BCUT2D eigenvalue weighted by molar-refractivity contribution is 6.03. The van der Waals surface area contributed by atoms with E-state index in [1.54, 1.807) is 18.3 Å². The van der Waals surface area contributed by atoms with Gasteiger partial charge in [-0.15, -0.1) is 0 Å². The predicted octanol–water partition coefficient (Wildman–Crippen LogP) is 4.15. The van der Waals surface area contributed by atoms with E-state index in [4.69, 9.17) is 15.2 Å². The Kier molecular flexibility index (Phi) is 8.33. The van der Waals surface area contributed by atoms with E-state index in [-0.39, 0.29) is 42.1 Å². The molecule has 1 aromatic heterocycles. The highest BCUT2D eigenvalue weighted by Gasteiger charge is 2.42. The predicted molar refractivity (Wildman–Crippen MR) is 140 cm³/mol. The van der Waals surface area contributed by atoms with Crippen LogP contribution in [0.2, 0.25) is 0 Å². The molecule has 37 heavy (non-hydrogen) atoms. The maximum Gasteiger partial charge on any atom is 0.252 e. The number of fused-ring (bicyclic) bond motifs is 1. The molecular formula is C29H36FN3O4. The molecule has 3 atom stereocenters. The van der Waals surface area contributed by atoms with Crippen LogP contribution in [0.5, 0.6) is 11.6 Å². The molecule has 1 saturated heterocycles. The van der Waals surface area contributed by atoms with E-state index in [0.29, 0.717) is 40.4 Å². The Morgan fingerprint density at radius 3 is 2.62 bits per heavy atom. The average Bonchev–Trinajstić information content (AvgIpc) is 3.17. The molecule has 0 bridgehead atoms. The Labute approximate surface area is 217 Å². The van der Waals surface area contributed by atoms with Crippen molar-refractivity contribution in [3.8, 4) is 23.5 Å². The minimum Gasteiger partial charge on any atom is -0.496 e. The third-order valence-electron chi connectivity index (χ3n) is 7.77. The van der Waals surface area contributed by atoms with E-state index < -0.39 is 12.1 Å². The van der Waals surface area contributed by atoms with Crippen LogP contribution in [0.1, 0.15) is 62.4 Å². The number of alkyl halides is 1. The summed E-state index contributed by atoms with van der Waals surface area (Å²) in [6.45, 7) is 8.52. The molecule has 0 spiro atoms. The van der Waals surface area contributed by atoms with E-state index in [1.807, 2.05) is 6.92 Å². The second-order valence-corrected chi connectivity index (χ2v) is 10.3. The van der Waals surface area contributed by atoms with Gasteiger partial charge in [-0.25, -0.2) is 9.37 Å². The number of benzene rings is 1. The summed E-state index contributed by atoms with van der Waals surface area (Å²) >= 11 is 0. The van der Waals surface area contributed by atoms with Gasteiger partial charge >= 0.3 is 0 Å². The number of piperidine rings is 1. The molecule has 2 N–H and O–H groups in total. The number of pyridine rings is 1. The molecule has 8 heteroatoms. The Balaban J connectivity index is 1.65. The molecule has 198 valence electrons. The fraction of sp³-hybridized carbons (Fsp3) is 0.552. The van der Waals surface area contributed by atoms with Crippen molar-refractivity contribution in [2.24, 2.45) is 23.5 Å². The molecule has 2 heterocycles. The first kappa shape index (κ1) is 26.9. The molecule has 1 aliphatic heterocycles. The summed E-state index contributed by atoms with van der Waals surface area (Å²) in [4.78, 5) is 31.0. The lowest BCUT2D eigenvalue weighted by Crippen LogP contribution is -2.38. The number of carbonyl (C=O) groups excluding carboxylic acids is 2. The number of amides is 1. The summed E-state index contributed by atoms with van der Waals surface area (Å²) in [6, 6.07) is 3.88. The molecule has 1 aromatic carbocycles. The van der Waals surface area contributed by atoms with Crippen molar-refractivity contribution in [2.75, 3.05) is 26.8 Å². The zero-order valence-corrected chi connectivity index (χ0v) is 22.1. The number of rotatable bonds is 7. The number of hydrogen-bond donors (Lipinski definition) is 1. The average molecular weight is 510 g/mol. The maximum atomic E-state index is 14.3. The Morgan fingerprint density at radius 2 is 2.00 bits per heavy atom. The molecule has 2 aliphatic rings. The van der Waals surface area contributed by atoms with E-state index in [9.17, 15) is 14.0 Å². The van der Waals surface area contributed by atoms with Gasteiger partial charge in [0.05, 0.1) is 24.8 Å². The normalized spacial score (nSPS) is 22.8. The standard InChI is InChI=1S/C29H36FN3O4/c1-5-21-20(12-25(34)27(21)30)16-37-29-23-14-26(36-4)24(28(31)35)13-22(23)19(15-32-29)7-6-18-8-10-33(11-9-18)17(2)3/h13-15,17-18,20-21,27H,5,8-12,16H2,1-4H3,(H2,31,35)/t20-,21+,27+/m1/s1. The summed E-state index contributed by atoms with van der Waals surface area (Å²) in [6.07, 6.45) is 2.94. The largest absolute Gasteiger partial charge is 0.496 e. The zero-order valence-electron chi connectivity index (χ0n) is 22.1. The highest BCUT2D eigenvalue weighted by atomic mass is 19.1. The first-order valence-electron chi connectivity index (χ1n) is 13.1. The molecule has 0 unspecified atom stereocenters. The summed E-state index contributed by atoms with van der Waals surface area (Å²) in [5.41, 5.74) is 6.54. The lowest BCUT2D eigenvalue weighted by Gasteiger charge is -2.32. The summed E-state index contributed by atoms with van der Waals surface area (Å²) < 4.78 is 25.8. The minimum atomic E-state index is -1.44. The van der Waals surface area contributed by atoms with Crippen molar-refractivity contribution in [2.45, 2.75) is 58.7 Å². The van der Waals surface area contributed by atoms with Gasteiger partial charge in [0.2, 0.25) is 5.88 Å². The highest BCUT2D eigenvalue weighted by Crippen LogP contribution is 2.37. The lowest BCUT2D eigenvalue weighted by atomic mass is 9.93. The lowest BCUT2D eigenvalue weighted by molar-refractivity contribution is -0.122. The van der Waals surface area contributed by atoms with Crippen LogP contribution in [-0.2, 0) is 4.79 Å². The van der Waals surface area contributed by atoms with Crippen molar-refractivity contribution in [1.82, 2.24) is 9.88 Å². The van der Waals surface area contributed by atoms with Crippen LogP contribution in [0, 0.1) is 29.6 Å². The molecule has 1 aliphatic carbocycles. The topological polar surface area (TPSA) is 94.8 Å². The van der Waals surface area contributed by atoms with Gasteiger partial charge in [-0.2, -0.15) is 0 Å². The van der Waals surface area contributed by atoms with Crippen LogP contribution < -0.4 is 15.2 Å². The number of aromatic nitrogens is 1. The van der Waals surface area contributed by atoms with Crippen molar-refractivity contribution >= 4 is 22.5 Å². The van der Waals surface area contributed by atoms with E-state index in [0.717, 1.165) is 25.9 Å². The Hall–Kier alpha value is -3.18. The first-order valence-corrected chi connectivity index (χ1v) is 13.1. The van der Waals surface area contributed by atoms with Crippen LogP contribution in [0.4, 0.5) is 4.39 Å². The Morgan fingerprint density at radius 1 is 1.27 bits per heavy atom. The van der Waals surface area contributed by atoms with Crippen molar-refractivity contribution < 1.29 is 23.5 Å². The van der Waals surface area contributed by atoms with Gasteiger partial charge in [-0.05, 0) is 58.3 Å².